The van der Waals surface area contributed by atoms with E-state index in [9.17, 15) is 0 Å². The van der Waals surface area contributed by atoms with E-state index in [1.807, 2.05) is 37.4 Å². The fourth-order valence-corrected chi connectivity index (χ4v) is 1.79. The van der Waals surface area contributed by atoms with Crippen molar-refractivity contribution in [3.8, 4) is 5.75 Å². The first-order chi connectivity index (χ1) is 9.69. The molecule has 4 heteroatoms. The summed E-state index contributed by atoms with van der Waals surface area (Å²) in [5.41, 5.74) is 9.72. The van der Waals surface area contributed by atoms with Gasteiger partial charge in [0.05, 0.1) is 12.3 Å². The average Bonchev–Trinajstić information content (AvgIpc) is 2.46. The largest absolute Gasteiger partial charge is 0.491 e. The number of anilines is 2. The van der Waals surface area contributed by atoms with E-state index in [1.54, 1.807) is 0 Å². The van der Waals surface area contributed by atoms with E-state index < -0.39 is 0 Å². The van der Waals surface area contributed by atoms with E-state index in [-0.39, 0.29) is 0 Å². The molecule has 4 nitrogen and oxygen atoms in total. The van der Waals surface area contributed by atoms with Crippen molar-refractivity contribution in [2.24, 2.45) is 0 Å². The van der Waals surface area contributed by atoms with Gasteiger partial charge in [0, 0.05) is 30.2 Å². The molecule has 0 saturated heterocycles. The third-order valence-electron chi connectivity index (χ3n) is 2.94. The molecule has 1 heterocycles. The topological polar surface area (TPSA) is 60.2 Å². The van der Waals surface area contributed by atoms with Gasteiger partial charge in [-0.2, -0.15) is 0 Å². The molecule has 0 spiro atoms. The van der Waals surface area contributed by atoms with Gasteiger partial charge in [-0.25, -0.2) is 0 Å². The fraction of sp³-hybridized carbons (Fsp3) is 0.312. The van der Waals surface area contributed by atoms with Crippen LogP contribution in [-0.4, -0.2) is 11.6 Å². The minimum Gasteiger partial charge on any atom is -0.491 e. The summed E-state index contributed by atoms with van der Waals surface area (Å²) in [7, 11) is 0. The van der Waals surface area contributed by atoms with E-state index in [4.69, 9.17) is 10.5 Å². The maximum atomic E-state index is 5.89. The first-order valence-electron chi connectivity index (χ1n) is 6.86. The van der Waals surface area contributed by atoms with Crippen LogP contribution in [-0.2, 0) is 6.54 Å². The maximum absolute atomic E-state index is 5.89. The van der Waals surface area contributed by atoms with Crippen molar-refractivity contribution in [2.75, 3.05) is 17.7 Å². The van der Waals surface area contributed by atoms with Crippen LogP contribution in [0.1, 0.15) is 24.6 Å². The summed E-state index contributed by atoms with van der Waals surface area (Å²) in [6, 6.07) is 9.83. The minimum atomic E-state index is 0.668. The van der Waals surface area contributed by atoms with Crippen molar-refractivity contribution < 1.29 is 4.74 Å². The molecule has 0 saturated carbocycles. The Bertz CT molecular complexity index is 552. The highest BCUT2D eigenvalue weighted by molar-refractivity contribution is 5.61. The van der Waals surface area contributed by atoms with Gasteiger partial charge < -0.3 is 15.8 Å². The first kappa shape index (κ1) is 14.2. The number of pyridine rings is 1. The number of nitrogen functional groups attached to an aromatic ring is 1. The van der Waals surface area contributed by atoms with Gasteiger partial charge in [-0.15, -0.1) is 0 Å². The molecule has 20 heavy (non-hydrogen) atoms. The Morgan fingerprint density at radius 2 is 2.10 bits per heavy atom. The third kappa shape index (κ3) is 3.88. The highest BCUT2D eigenvalue weighted by atomic mass is 16.5. The summed E-state index contributed by atoms with van der Waals surface area (Å²) in [5, 5.41) is 3.35. The van der Waals surface area contributed by atoms with E-state index in [2.05, 4.69) is 23.3 Å². The molecule has 0 radical (unpaired) electrons. The van der Waals surface area contributed by atoms with Crippen molar-refractivity contribution in [3.05, 3.63) is 47.8 Å². The Balaban J connectivity index is 2.00. The van der Waals surface area contributed by atoms with Gasteiger partial charge in [0.1, 0.15) is 5.75 Å². The number of hydrogen-bond acceptors (Lipinski definition) is 4. The zero-order chi connectivity index (χ0) is 14.4. The minimum absolute atomic E-state index is 0.668. The lowest BCUT2D eigenvalue weighted by molar-refractivity contribution is 0.319. The van der Waals surface area contributed by atoms with Crippen molar-refractivity contribution in [1.29, 1.82) is 0 Å². The predicted molar refractivity (Wildman–Crippen MR) is 82.9 cm³/mol. The van der Waals surface area contributed by atoms with Gasteiger partial charge in [-0.05, 0) is 37.1 Å². The number of aromatic nitrogens is 1. The van der Waals surface area contributed by atoms with Crippen LogP contribution >= 0.6 is 0 Å². The number of ether oxygens (including phenoxy) is 1. The van der Waals surface area contributed by atoms with E-state index in [0.717, 1.165) is 35.7 Å². The van der Waals surface area contributed by atoms with Crippen molar-refractivity contribution in [2.45, 2.75) is 26.8 Å². The number of aryl methyl sites for hydroxylation is 1. The molecular formula is C16H21N3O. The zero-order valence-corrected chi connectivity index (χ0v) is 12.0. The third-order valence-corrected chi connectivity index (χ3v) is 2.94. The van der Waals surface area contributed by atoms with Crippen LogP contribution in [0.25, 0.3) is 0 Å². The van der Waals surface area contributed by atoms with Crippen LogP contribution < -0.4 is 15.8 Å². The van der Waals surface area contributed by atoms with Crippen LogP contribution in [0.5, 0.6) is 5.75 Å². The van der Waals surface area contributed by atoms with Gasteiger partial charge in [-0.3, -0.25) is 4.98 Å². The van der Waals surface area contributed by atoms with E-state index in [0.29, 0.717) is 12.3 Å². The molecule has 0 aliphatic carbocycles. The summed E-state index contributed by atoms with van der Waals surface area (Å²) < 4.78 is 5.62. The van der Waals surface area contributed by atoms with E-state index in [1.165, 1.54) is 0 Å². The molecule has 0 bridgehead atoms. The molecule has 0 aliphatic rings. The van der Waals surface area contributed by atoms with Crippen LogP contribution in [0.2, 0.25) is 0 Å². The number of nitrogens with two attached hydrogens (primary N) is 1. The molecule has 2 aromatic rings. The number of benzene rings is 1. The SMILES string of the molecule is CCCOc1cc(NCc2ccc(C)nc2)ccc1N. The van der Waals surface area contributed by atoms with Crippen LogP contribution in [0.4, 0.5) is 11.4 Å². The molecule has 0 aliphatic heterocycles. The Morgan fingerprint density at radius 1 is 1.25 bits per heavy atom. The Morgan fingerprint density at radius 3 is 2.80 bits per heavy atom. The average molecular weight is 271 g/mol. The highest BCUT2D eigenvalue weighted by Gasteiger charge is 2.02. The molecule has 0 unspecified atom stereocenters. The quantitative estimate of drug-likeness (QED) is 0.791. The van der Waals surface area contributed by atoms with Gasteiger partial charge >= 0.3 is 0 Å². The van der Waals surface area contributed by atoms with E-state index >= 15 is 0 Å². The summed E-state index contributed by atoms with van der Waals surface area (Å²) in [4.78, 5) is 4.28. The van der Waals surface area contributed by atoms with Crippen molar-refractivity contribution in [1.82, 2.24) is 4.98 Å². The lowest BCUT2D eigenvalue weighted by Crippen LogP contribution is -2.03. The molecule has 1 aromatic carbocycles. The highest BCUT2D eigenvalue weighted by Crippen LogP contribution is 2.25. The van der Waals surface area contributed by atoms with Crippen LogP contribution in [0, 0.1) is 6.92 Å². The Labute approximate surface area is 120 Å². The normalized spacial score (nSPS) is 10.3. The van der Waals surface area contributed by atoms with Gasteiger partial charge in [-0.1, -0.05) is 13.0 Å². The number of nitrogens with zero attached hydrogens (tertiary/aromatic N) is 1. The first-order valence-corrected chi connectivity index (χ1v) is 6.86. The van der Waals surface area contributed by atoms with Crippen LogP contribution in [0.3, 0.4) is 0 Å². The summed E-state index contributed by atoms with van der Waals surface area (Å²) in [5.74, 6) is 0.735. The summed E-state index contributed by atoms with van der Waals surface area (Å²) in [6.07, 6.45) is 2.85. The molecule has 0 atom stereocenters. The van der Waals surface area contributed by atoms with Gasteiger partial charge in [0.2, 0.25) is 0 Å². The smallest absolute Gasteiger partial charge is 0.144 e. The Kier molecular flexibility index (Phi) is 4.82. The van der Waals surface area contributed by atoms with Crippen molar-refractivity contribution in [3.63, 3.8) is 0 Å². The molecule has 3 N–H and O–H groups in total. The second-order valence-electron chi connectivity index (χ2n) is 4.76. The Hall–Kier alpha value is -2.23. The summed E-state index contributed by atoms with van der Waals surface area (Å²) >= 11 is 0. The number of rotatable bonds is 6. The predicted octanol–water partition coefficient (Wildman–Crippen LogP) is 3.37. The van der Waals surface area contributed by atoms with Crippen LogP contribution in [0.15, 0.2) is 36.5 Å². The molecular weight excluding hydrogens is 250 g/mol. The lowest BCUT2D eigenvalue weighted by Gasteiger charge is -2.11. The monoisotopic (exact) mass is 271 g/mol. The summed E-state index contributed by atoms with van der Waals surface area (Å²) in [6.45, 7) is 5.46. The number of nitrogens with one attached hydrogen (secondary N) is 1. The second-order valence-corrected chi connectivity index (χ2v) is 4.76. The zero-order valence-electron chi connectivity index (χ0n) is 12.0. The molecule has 106 valence electrons. The molecule has 2 rings (SSSR count). The maximum Gasteiger partial charge on any atom is 0.144 e. The standard InChI is InChI=1S/C16H21N3O/c1-3-8-20-16-9-14(6-7-15(16)17)19-11-13-5-4-12(2)18-10-13/h4-7,9-10,19H,3,8,11,17H2,1-2H3. The lowest BCUT2D eigenvalue weighted by atomic mass is 10.2. The molecule has 0 amide bonds. The fourth-order valence-electron chi connectivity index (χ4n) is 1.79. The number of hydrogen-bond donors (Lipinski definition) is 2. The second kappa shape index (κ2) is 6.80. The van der Waals surface area contributed by atoms with Gasteiger partial charge in [0.25, 0.3) is 0 Å². The van der Waals surface area contributed by atoms with Gasteiger partial charge in [0.15, 0.2) is 0 Å². The molecule has 1 aromatic heterocycles. The molecule has 0 fully saturated rings. The van der Waals surface area contributed by atoms with Crippen molar-refractivity contribution >= 4 is 11.4 Å².